The van der Waals surface area contributed by atoms with Gasteiger partial charge in [-0.15, -0.1) is 0 Å². The molecule has 0 radical (unpaired) electrons. The van der Waals surface area contributed by atoms with E-state index < -0.39 is 10.0 Å². The first kappa shape index (κ1) is 17.6. The number of hydrogen-bond donors (Lipinski definition) is 0. The standard InChI is InChI=1S/C17H22N4O3S/c1-14-12-18-17(19-13-14)20-8-3-9-21(11-10-20)25(22,23)16-6-4-15(24-2)5-7-16/h4-7,12-13H,3,8-11H2,1-2H3. The Labute approximate surface area is 148 Å². The van der Waals surface area contributed by atoms with Crippen LogP contribution in [0.1, 0.15) is 12.0 Å². The predicted octanol–water partition coefficient (Wildman–Crippen LogP) is 1.69. The molecule has 0 saturated carbocycles. The zero-order chi connectivity index (χ0) is 17.9. The molecule has 0 unspecified atom stereocenters. The van der Waals surface area contributed by atoms with Crippen LogP contribution in [0, 0.1) is 6.92 Å². The number of anilines is 1. The second-order valence-electron chi connectivity index (χ2n) is 5.98. The minimum Gasteiger partial charge on any atom is -0.497 e. The Morgan fingerprint density at radius 3 is 2.32 bits per heavy atom. The van der Waals surface area contributed by atoms with Crippen molar-refractivity contribution in [2.45, 2.75) is 18.2 Å². The quantitative estimate of drug-likeness (QED) is 0.824. The number of rotatable bonds is 4. The van der Waals surface area contributed by atoms with E-state index >= 15 is 0 Å². The Morgan fingerprint density at radius 2 is 1.68 bits per heavy atom. The Morgan fingerprint density at radius 1 is 1.00 bits per heavy atom. The zero-order valence-corrected chi connectivity index (χ0v) is 15.2. The van der Waals surface area contributed by atoms with Gasteiger partial charge in [0.15, 0.2) is 0 Å². The van der Waals surface area contributed by atoms with Gasteiger partial charge in [-0.1, -0.05) is 0 Å². The van der Waals surface area contributed by atoms with E-state index in [2.05, 4.69) is 9.97 Å². The summed E-state index contributed by atoms with van der Waals surface area (Å²) in [6, 6.07) is 6.49. The first-order valence-electron chi connectivity index (χ1n) is 8.18. The molecule has 0 N–H and O–H groups in total. The minimum absolute atomic E-state index is 0.285. The number of aromatic nitrogens is 2. The molecule has 8 heteroatoms. The molecule has 0 atom stereocenters. The molecule has 0 spiro atoms. The summed E-state index contributed by atoms with van der Waals surface area (Å²) in [5, 5.41) is 0. The zero-order valence-electron chi connectivity index (χ0n) is 14.4. The molecule has 0 amide bonds. The normalized spacial score (nSPS) is 16.5. The van der Waals surface area contributed by atoms with Crippen molar-refractivity contribution < 1.29 is 13.2 Å². The van der Waals surface area contributed by atoms with E-state index in [0.29, 0.717) is 31.3 Å². The van der Waals surface area contributed by atoms with E-state index in [4.69, 9.17) is 4.74 Å². The van der Waals surface area contributed by atoms with E-state index in [1.165, 1.54) is 4.31 Å². The molecule has 3 rings (SSSR count). The van der Waals surface area contributed by atoms with Crippen LogP contribution in [0.3, 0.4) is 0 Å². The smallest absolute Gasteiger partial charge is 0.243 e. The Kier molecular flexibility index (Phi) is 5.19. The fraction of sp³-hybridized carbons (Fsp3) is 0.412. The van der Waals surface area contributed by atoms with Crippen molar-refractivity contribution in [2.24, 2.45) is 0 Å². The van der Waals surface area contributed by atoms with Crippen molar-refractivity contribution in [3.63, 3.8) is 0 Å². The average Bonchev–Trinajstić information content (AvgIpc) is 2.89. The highest BCUT2D eigenvalue weighted by molar-refractivity contribution is 7.89. The molecule has 2 aromatic rings. The third-order valence-electron chi connectivity index (χ3n) is 4.20. The number of hydrogen-bond acceptors (Lipinski definition) is 6. The van der Waals surface area contributed by atoms with Crippen molar-refractivity contribution in [2.75, 3.05) is 38.2 Å². The number of ether oxygens (including phenoxy) is 1. The van der Waals surface area contributed by atoms with Crippen LogP contribution in [-0.2, 0) is 10.0 Å². The highest BCUT2D eigenvalue weighted by Crippen LogP contribution is 2.21. The van der Waals surface area contributed by atoms with Gasteiger partial charge in [-0.05, 0) is 43.2 Å². The van der Waals surface area contributed by atoms with E-state index in [1.807, 2.05) is 11.8 Å². The summed E-state index contributed by atoms with van der Waals surface area (Å²) >= 11 is 0. The van der Waals surface area contributed by atoms with Gasteiger partial charge >= 0.3 is 0 Å². The van der Waals surface area contributed by atoms with Gasteiger partial charge in [-0.25, -0.2) is 18.4 Å². The van der Waals surface area contributed by atoms with Gasteiger partial charge in [-0.3, -0.25) is 0 Å². The van der Waals surface area contributed by atoms with Gasteiger partial charge in [0, 0.05) is 38.6 Å². The second kappa shape index (κ2) is 7.37. The largest absolute Gasteiger partial charge is 0.497 e. The van der Waals surface area contributed by atoms with Crippen molar-refractivity contribution in [3.8, 4) is 5.75 Å². The van der Waals surface area contributed by atoms with Crippen molar-refractivity contribution in [1.29, 1.82) is 0 Å². The highest BCUT2D eigenvalue weighted by Gasteiger charge is 2.27. The summed E-state index contributed by atoms with van der Waals surface area (Å²) in [4.78, 5) is 11.0. The number of methoxy groups -OCH3 is 1. The fourth-order valence-electron chi connectivity index (χ4n) is 2.78. The van der Waals surface area contributed by atoms with E-state index in [9.17, 15) is 8.42 Å². The van der Waals surface area contributed by atoms with Crippen LogP contribution in [0.25, 0.3) is 0 Å². The Bertz CT molecular complexity index is 807. The third-order valence-corrected chi connectivity index (χ3v) is 6.12. The van der Waals surface area contributed by atoms with Gasteiger partial charge < -0.3 is 9.64 Å². The molecule has 134 valence electrons. The van der Waals surface area contributed by atoms with E-state index in [0.717, 1.165) is 18.5 Å². The SMILES string of the molecule is COc1ccc(S(=O)(=O)N2CCCN(c3ncc(C)cn3)CC2)cc1. The molecule has 25 heavy (non-hydrogen) atoms. The summed E-state index contributed by atoms with van der Waals surface area (Å²) in [5.74, 6) is 1.28. The van der Waals surface area contributed by atoms with Gasteiger partial charge in [0.1, 0.15) is 5.75 Å². The first-order valence-corrected chi connectivity index (χ1v) is 9.62. The lowest BCUT2D eigenvalue weighted by Crippen LogP contribution is -2.35. The molecule has 1 fully saturated rings. The van der Waals surface area contributed by atoms with Gasteiger partial charge in [0.2, 0.25) is 16.0 Å². The topological polar surface area (TPSA) is 75.6 Å². The molecular weight excluding hydrogens is 340 g/mol. The lowest BCUT2D eigenvalue weighted by molar-refractivity contribution is 0.413. The predicted molar refractivity (Wildman–Crippen MR) is 95.4 cm³/mol. The van der Waals surface area contributed by atoms with Gasteiger partial charge in [0.05, 0.1) is 12.0 Å². The van der Waals surface area contributed by atoms with E-state index in [1.54, 1.807) is 43.8 Å². The molecule has 0 aliphatic carbocycles. The lowest BCUT2D eigenvalue weighted by atomic mass is 10.3. The molecule has 7 nitrogen and oxygen atoms in total. The molecule has 2 heterocycles. The fourth-order valence-corrected chi connectivity index (χ4v) is 4.25. The molecule has 1 aromatic heterocycles. The number of nitrogens with zero attached hydrogens (tertiary/aromatic N) is 4. The molecule has 1 aliphatic rings. The maximum atomic E-state index is 12.9. The third kappa shape index (κ3) is 3.91. The van der Waals surface area contributed by atoms with Gasteiger partial charge in [-0.2, -0.15) is 4.31 Å². The summed E-state index contributed by atoms with van der Waals surface area (Å²) < 4.78 is 32.3. The van der Waals surface area contributed by atoms with Crippen LogP contribution >= 0.6 is 0 Å². The molecule has 1 saturated heterocycles. The number of sulfonamides is 1. The summed E-state index contributed by atoms with van der Waals surface area (Å²) in [6.45, 7) is 4.13. The Hall–Kier alpha value is -2.19. The maximum absolute atomic E-state index is 12.9. The van der Waals surface area contributed by atoms with Crippen molar-refractivity contribution in [1.82, 2.24) is 14.3 Å². The number of benzene rings is 1. The van der Waals surface area contributed by atoms with Crippen LogP contribution in [-0.4, -0.2) is 56.0 Å². The van der Waals surface area contributed by atoms with Gasteiger partial charge in [0.25, 0.3) is 0 Å². The molecular formula is C17H22N4O3S. The summed E-state index contributed by atoms with van der Waals surface area (Å²) in [5.41, 5.74) is 1.00. The van der Waals surface area contributed by atoms with Crippen LogP contribution < -0.4 is 9.64 Å². The molecule has 1 aliphatic heterocycles. The minimum atomic E-state index is -3.51. The first-order chi connectivity index (χ1) is 12.0. The lowest BCUT2D eigenvalue weighted by Gasteiger charge is -2.22. The molecule has 1 aromatic carbocycles. The Balaban J connectivity index is 1.74. The summed E-state index contributed by atoms with van der Waals surface area (Å²) in [6.07, 6.45) is 4.28. The van der Waals surface area contributed by atoms with Crippen molar-refractivity contribution >= 4 is 16.0 Å². The van der Waals surface area contributed by atoms with Crippen LogP contribution in [0.2, 0.25) is 0 Å². The van der Waals surface area contributed by atoms with Crippen LogP contribution in [0.15, 0.2) is 41.6 Å². The highest BCUT2D eigenvalue weighted by atomic mass is 32.2. The molecule has 0 bridgehead atoms. The van der Waals surface area contributed by atoms with Crippen LogP contribution in [0.4, 0.5) is 5.95 Å². The number of aryl methyl sites for hydroxylation is 1. The second-order valence-corrected chi connectivity index (χ2v) is 7.92. The van der Waals surface area contributed by atoms with Crippen molar-refractivity contribution in [3.05, 3.63) is 42.2 Å². The maximum Gasteiger partial charge on any atom is 0.243 e. The van der Waals surface area contributed by atoms with Crippen LogP contribution in [0.5, 0.6) is 5.75 Å². The van der Waals surface area contributed by atoms with E-state index in [-0.39, 0.29) is 4.90 Å². The average molecular weight is 362 g/mol. The summed E-state index contributed by atoms with van der Waals surface area (Å²) in [7, 11) is -1.96. The monoisotopic (exact) mass is 362 g/mol.